The maximum atomic E-state index is 12.4. The monoisotopic (exact) mass is 2210 g/mol. The van der Waals surface area contributed by atoms with E-state index in [1.54, 1.807) is 9.80 Å². The van der Waals surface area contributed by atoms with E-state index in [0.717, 1.165) is 82.5 Å². The number of nitrogens with zero attached hydrogens (tertiary/aromatic N) is 5. The van der Waals surface area contributed by atoms with Gasteiger partial charge in [-0.3, -0.25) is 24.2 Å². The molecular formula is C59H109ClI9N5O9. The Bertz CT molecular complexity index is 1800. The Morgan fingerprint density at radius 1 is 0.470 bits per heavy atom. The average Bonchev–Trinajstić information content (AvgIpc) is 3.41. The molecular weight excluding hydrogens is 2100 g/mol. The van der Waals surface area contributed by atoms with Crippen molar-refractivity contribution in [3.8, 4) is 0 Å². The van der Waals surface area contributed by atoms with Gasteiger partial charge in [0.25, 0.3) is 0 Å². The van der Waals surface area contributed by atoms with Crippen LogP contribution in [0.5, 0.6) is 0 Å². The van der Waals surface area contributed by atoms with Crippen molar-refractivity contribution in [2.75, 3.05) is 40.1 Å². The predicted octanol–water partition coefficient (Wildman–Crippen LogP) is 21.0. The van der Waals surface area contributed by atoms with Crippen LogP contribution in [0.1, 0.15) is 232 Å². The predicted molar refractivity (Wildman–Crippen MR) is 428 cm³/mol. The molecule has 14 nitrogen and oxygen atoms in total. The summed E-state index contributed by atoms with van der Waals surface area (Å²) in [6.45, 7) is 24.4. The number of Topliss-reactive ketones (excluding diaryl/α,β-unsaturated/α-hetero) is 3. The molecule has 0 radical (unpaired) electrons. The zero-order valence-corrected chi connectivity index (χ0v) is 72.4. The number of piperidine rings is 4. The Kier molecular flexibility index (Phi) is 45.4. The summed E-state index contributed by atoms with van der Waals surface area (Å²) in [5, 5.41) is 0. The standard InChI is InChI=1S/2C19H34N2O3.C15H27NO2.C5H9ClO.CH4.I8.HI/c2*1-6-8-17(22)13-21-14-9-7-10-15(21)12-16(11-14)20(5)18(23)24-19(2,3)4;1-15(2,3)18-14(17)16(4)13-9-11-6-5-7-12(8-11)10-13;1-2-3-5(7)4-6;;1-6(2)8(5)7(3)4;/h2*14-16H,6-13H2,1-5H3;11-13H,5-10H2,1-4H3;2-4H2,1H3;1H4;;1H/t2*14-,15+,16?;11-,12+,13?;;;;. The fourth-order valence-electron chi connectivity index (χ4n) is 12.0. The quantitative estimate of drug-likeness (QED) is 0.0826. The first-order valence-corrected chi connectivity index (χ1v) is 74.1. The van der Waals surface area contributed by atoms with E-state index in [4.69, 9.17) is 25.8 Å². The van der Waals surface area contributed by atoms with E-state index in [0.29, 0.717) is 74.1 Å². The summed E-state index contributed by atoms with van der Waals surface area (Å²) in [7, 11) is 4.67. The van der Waals surface area contributed by atoms with E-state index in [1.807, 2.05) is 95.3 Å². The molecule has 6 fully saturated rings. The molecule has 0 aromatic carbocycles. The van der Waals surface area contributed by atoms with E-state index < -0.39 is 16.8 Å². The van der Waals surface area contributed by atoms with Crippen LogP contribution < -0.4 is 0 Å². The summed E-state index contributed by atoms with van der Waals surface area (Å²) >= 11 is 18.8. The second-order valence-corrected chi connectivity index (χ2v) is 172. The normalized spacial score (nSPS) is 25.1. The maximum absolute atomic E-state index is 12.4. The van der Waals surface area contributed by atoms with Gasteiger partial charge in [0.2, 0.25) is 0 Å². The van der Waals surface area contributed by atoms with Crippen LogP contribution in [-0.4, -0.2) is 159 Å². The second kappa shape index (κ2) is 43.6. The van der Waals surface area contributed by atoms with Crippen molar-refractivity contribution >= 4 is 188 Å². The molecule has 2 aliphatic carbocycles. The van der Waals surface area contributed by atoms with Crippen molar-refractivity contribution in [3.05, 3.63) is 0 Å². The minimum atomic E-state index is -0.464. The van der Waals surface area contributed by atoms with Crippen LogP contribution in [0.2, 0.25) is 0 Å². The van der Waals surface area contributed by atoms with E-state index in [1.165, 1.54) is 51.4 Å². The minimum absolute atomic E-state index is 0. The Hall–Kier alpha value is 3.60. The van der Waals surface area contributed by atoms with Crippen molar-refractivity contribution in [3.63, 3.8) is 0 Å². The van der Waals surface area contributed by atoms with Gasteiger partial charge in [0, 0.05) is 82.7 Å². The first-order valence-electron chi connectivity index (χ1n) is 29.6. The SMILES string of the molecule is C.CCCC(=O)CCl.CCCC(=O)CN1[C@@H]2CCC[C@H]1CC(N(C)C(=O)OC(C)(C)C)C2.CCCC(=O)CN1[C@@H]2CCC[C@H]1CC(N(C)C(=O)OC(C)(C)C)C2.CN(C(=O)OC(C)(C)C)C1C[C@H]2CCC[C@@H](C1)C2.I.II(I)I(I)I(I)I. The number of carbonyl (C=O) groups is 6. The van der Waals surface area contributed by atoms with Crippen molar-refractivity contribution in [1.82, 2.24) is 24.5 Å². The Labute approximate surface area is 589 Å². The zero-order valence-electron chi connectivity index (χ0n) is 52.1. The van der Waals surface area contributed by atoms with Crippen LogP contribution in [0.3, 0.4) is 0 Å². The van der Waals surface area contributed by atoms with E-state index in [-0.39, 0.29) is 97.1 Å². The third-order valence-electron chi connectivity index (χ3n) is 15.6. The van der Waals surface area contributed by atoms with Gasteiger partial charge in [-0.25, -0.2) is 14.4 Å². The number of ether oxygens (including phenoxy) is 3. The zero-order chi connectivity index (χ0) is 61.6. The number of fused-ring (bicyclic) bond motifs is 6. The molecule has 83 heavy (non-hydrogen) atoms. The number of ketones is 3. The van der Waals surface area contributed by atoms with Gasteiger partial charge in [-0.05, 0) is 164 Å². The molecule has 0 aromatic heterocycles. The van der Waals surface area contributed by atoms with Gasteiger partial charge in [0.05, 0.1) is 19.0 Å². The molecule has 0 N–H and O–H groups in total. The number of halogens is 10. The van der Waals surface area contributed by atoms with Gasteiger partial charge in [-0.15, -0.1) is 35.6 Å². The van der Waals surface area contributed by atoms with Crippen molar-refractivity contribution in [1.29, 1.82) is 0 Å². The number of amides is 3. The molecule has 4 heterocycles. The topological polar surface area (TPSA) is 146 Å². The fourth-order valence-corrected chi connectivity index (χ4v) is 431. The third-order valence-corrected chi connectivity index (χ3v) is 346. The molecule has 24 heteroatoms. The number of hydrogen-bond donors (Lipinski definition) is 0. The fraction of sp³-hybridized carbons (Fsp3) is 0.898. The van der Waals surface area contributed by atoms with Gasteiger partial charge < -0.3 is 28.9 Å². The van der Waals surface area contributed by atoms with Crippen LogP contribution in [0.15, 0.2) is 0 Å². The molecule has 9 atom stereocenters. The Balaban J connectivity index is 0.00000108. The van der Waals surface area contributed by atoms with Gasteiger partial charge >= 0.3 is 135 Å². The first-order chi connectivity index (χ1) is 37.6. The molecule has 6 rings (SSSR count). The summed E-state index contributed by atoms with van der Waals surface area (Å²) in [5.74, 6) is 2.71. The third kappa shape index (κ3) is 34.5. The number of alkyl halides is 1. The van der Waals surface area contributed by atoms with Crippen LogP contribution in [0.25, 0.3) is 0 Å². The van der Waals surface area contributed by atoms with Crippen LogP contribution in [0.4, 0.5) is 14.4 Å². The van der Waals surface area contributed by atoms with E-state index in [9.17, 15) is 28.8 Å². The second-order valence-electron chi connectivity index (χ2n) is 25.9. The van der Waals surface area contributed by atoms with Crippen LogP contribution in [-0.2, 0) is 28.6 Å². The number of rotatable bonds is 16. The number of hydrogen-bond acceptors (Lipinski definition) is 11. The summed E-state index contributed by atoms with van der Waals surface area (Å²) in [4.78, 5) is 81.5. The molecule has 3 amide bonds. The number of carbonyl (C=O) groups excluding carboxylic acids is 6. The van der Waals surface area contributed by atoms with Crippen molar-refractivity contribution in [2.24, 2.45) is 11.8 Å². The van der Waals surface area contributed by atoms with E-state index >= 15 is 0 Å². The Morgan fingerprint density at radius 2 is 0.735 bits per heavy atom. The summed E-state index contributed by atoms with van der Waals surface area (Å²) < 4.78 is 16.5. The van der Waals surface area contributed by atoms with Gasteiger partial charge in [0.1, 0.15) is 34.2 Å². The summed E-state index contributed by atoms with van der Waals surface area (Å²) in [5.41, 5.74) is -1.32. The van der Waals surface area contributed by atoms with Crippen LogP contribution >= 0.6 is 152 Å². The molecule has 2 saturated carbocycles. The molecule has 4 aliphatic heterocycles. The van der Waals surface area contributed by atoms with Gasteiger partial charge in [-0.1, -0.05) is 60.3 Å². The molecule has 0 aromatic rings. The average molecular weight is 2210 g/mol. The first kappa shape index (κ1) is 86.6. The van der Waals surface area contributed by atoms with E-state index in [2.05, 4.69) is 117 Å². The molecule has 4 saturated heterocycles. The molecule has 0 spiro atoms. The van der Waals surface area contributed by atoms with Crippen LogP contribution in [0, 0.1) is 11.8 Å². The summed E-state index contributed by atoms with van der Waals surface area (Å²) in [6, 6.07) is 2.52. The Morgan fingerprint density at radius 3 is 0.964 bits per heavy atom. The van der Waals surface area contributed by atoms with Gasteiger partial charge in [0.15, 0.2) is 0 Å². The molecule has 494 valence electrons. The molecule has 6 aliphatic rings. The van der Waals surface area contributed by atoms with Gasteiger partial charge in [-0.2, -0.15) is 0 Å². The summed E-state index contributed by atoms with van der Waals surface area (Å²) in [6.07, 6.45) is 22.7. The van der Waals surface area contributed by atoms with Crippen molar-refractivity contribution < 1.29 is 43.0 Å². The molecule has 3 unspecified atom stereocenters. The van der Waals surface area contributed by atoms with Crippen molar-refractivity contribution in [2.45, 2.75) is 291 Å². The molecule has 6 bridgehead atoms.